The number of hydrogen-bond donors (Lipinski definition) is 0. The van der Waals surface area contributed by atoms with Gasteiger partial charge in [-0.3, -0.25) is 0 Å². The van der Waals surface area contributed by atoms with E-state index in [2.05, 4.69) is 63.2 Å². The van der Waals surface area contributed by atoms with Crippen LogP contribution in [-0.4, -0.2) is 40.3 Å². The van der Waals surface area contributed by atoms with Gasteiger partial charge in [-0.1, -0.05) is 32.9 Å². The monoisotopic (exact) mass is 409 g/mol. The van der Waals surface area contributed by atoms with Crippen LogP contribution in [0.3, 0.4) is 0 Å². The van der Waals surface area contributed by atoms with Crippen molar-refractivity contribution in [1.82, 2.24) is 4.90 Å². The third-order valence-electron chi connectivity index (χ3n) is 5.44. The Morgan fingerprint density at radius 3 is 2.37 bits per heavy atom. The van der Waals surface area contributed by atoms with E-state index in [4.69, 9.17) is 13.9 Å². The summed E-state index contributed by atoms with van der Waals surface area (Å²) in [5.41, 5.74) is 2.51. The van der Waals surface area contributed by atoms with Gasteiger partial charge in [0.2, 0.25) is 0 Å². The average Bonchev–Trinajstić information content (AvgIpc) is 2.97. The Morgan fingerprint density at radius 1 is 1.11 bits per heavy atom. The number of thioether (sulfide) groups is 1. The van der Waals surface area contributed by atoms with Crippen LogP contribution >= 0.6 is 11.8 Å². The highest BCUT2D eigenvalue weighted by Crippen LogP contribution is 2.42. The molecule has 1 aliphatic rings. The maximum atomic E-state index is 6.22. The van der Waals surface area contributed by atoms with Crippen LogP contribution in [0.1, 0.15) is 45.1 Å². The molecule has 0 saturated carbocycles. The molecular formula is C21H35NO3SSi. The van der Waals surface area contributed by atoms with Crippen molar-refractivity contribution in [2.45, 2.75) is 57.6 Å². The lowest BCUT2D eigenvalue weighted by molar-refractivity contribution is 0.0369. The molecule has 0 fully saturated rings. The summed E-state index contributed by atoms with van der Waals surface area (Å²) < 4.78 is 17.4. The van der Waals surface area contributed by atoms with Crippen LogP contribution in [0.15, 0.2) is 35.4 Å². The molecule has 152 valence electrons. The molecule has 4 nitrogen and oxygen atoms in total. The first-order valence-electron chi connectivity index (χ1n) is 9.60. The maximum Gasteiger partial charge on any atom is 0.191 e. The highest BCUT2D eigenvalue weighted by molar-refractivity contribution is 8.02. The van der Waals surface area contributed by atoms with Crippen LogP contribution in [0.4, 0.5) is 0 Å². The lowest BCUT2D eigenvalue weighted by Crippen LogP contribution is -2.41. The van der Waals surface area contributed by atoms with Crippen LogP contribution < -0.4 is 4.74 Å². The third kappa shape index (κ3) is 6.01. The molecule has 0 bridgehead atoms. The van der Waals surface area contributed by atoms with Crippen molar-refractivity contribution in [3.63, 3.8) is 0 Å². The normalized spacial score (nSPS) is 18.0. The van der Waals surface area contributed by atoms with Gasteiger partial charge in [-0.05, 0) is 54.6 Å². The second-order valence-corrected chi connectivity index (χ2v) is 14.3. The first kappa shape index (κ1) is 22.3. The van der Waals surface area contributed by atoms with Crippen LogP contribution in [0.5, 0.6) is 5.75 Å². The Hall–Kier alpha value is -0.953. The summed E-state index contributed by atoms with van der Waals surface area (Å²) in [6.45, 7) is 15.7. The molecule has 0 N–H and O–H groups in total. The van der Waals surface area contributed by atoms with E-state index in [1.165, 1.54) is 11.3 Å². The molecule has 0 spiro atoms. The van der Waals surface area contributed by atoms with Crippen molar-refractivity contribution in [3.05, 3.63) is 40.9 Å². The number of allylic oxidation sites excluding steroid dienone is 1. The number of benzene rings is 1. The Kier molecular flexibility index (Phi) is 7.86. The second kappa shape index (κ2) is 9.50. The number of hydrogen-bond acceptors (Lipinski definition) is 5. The number of methoxy groups -OCH3 is 1. The first-order valence-corrected chi connectivity index (χ1v) is 13.5. The highest BCUT2D eigenvalue weighted by Gasteiger charge is 2.36. The molecule has 1 aromatic rings. The van der Waals surface area contributed by atoms with Crippen molar-refractivity contribution in [3.8, 4) is 5.75 Å². The van der Waals surface area contributed by atoms with E-state index in [1.54, 1.807) is 7.11 Å². The fourth-order valence-corrected chi connectivity index (χ4v) is 4.79. The summed E-state index contributed by atoms with van der Waals surface area (Å²) in [4.78, 5) is 2.31. The lowest BCUT2D eigenvalue weighted by atomic mass is 10.2. The lowest BCUT2D eigenvalue weighted by Gasteiger charge is -2.36. The molecule has 0 aromatic heterocycles. The summed E-state index contributed by atoms with van der Waals surface area (Å²) >= 11 is 1.82. The van der Waals surface area contributed by atoms with Gasteiger partial charge in [-0.15, -0.1) is 11.8 Å². The van der Waals surface area contributed by atoms with Crippen molar-refractivity contribution < 1.29 is 13.9 Å². The van der Waals surface area contributed by atoms with Gasteiger partial charge in [-0.2, -0.15) is 0 Å². The maximum absolute atomic E-state index is 6.22. The van der Waals surface area contributed by atoms with Gasteiger partial charge in [0.05, 0.1) is 13.7 Å². The van der Waals surface area contributed by atoms with E-state index >= 15 is 0 Å². The molecular weight excluding hydrogens is 374 g/mol. The molecule has 0 amide bonds. The van der Waals surface area contributed by atoms with Crippen molar-refractivity contribution in [2.75, 3.05) is 27.1 Å². The van der Waals surface area contributed by atoms with E-state index in [0.717, 1.165) is 25.4 Å². The number of nitrogens with zero attached hydrogens (tertiary/aromatic N) is 1. The number of ether oxygens (including phenoxy) is 2. The quantitative estimate of drug-likeness (QED) is 0.369. The van der Waals surface area contributed by atoms with Crippen LogP contribution in [0.25, 0.3) is 0 Å². The van der Waals surface area contributed by atoms with E-state index in [1.807, 2.05) is 23.9 Å². The summed E-state index contributed by atoms with van der Waals surface area (Å²) in [6.07, 6.45) is 0.934. The molecule has 6 heteroatoms. The molecule has 27 heavy (non-hydrogen) atoms. The van der Waals surface area contributed by atoms with E-state index < -0.39 is 8.32 Å². The zero-order valence-corrected chi connectivity index (χ0v) is 19.7. The Labute approximate surface area is 170 Å². The SMILES string of the molecule is COc1ccc(C2SC=C(C)N2COCCCO[Si](C)(C)C(C)(C)C)cc1. The van der Waals surface area contributed by atoms with Crippen LogP contribution in [-0.2, 0) is 9.16 Å². The van der Waals surface area contributed by atoms with Gasteiger partial charge in [-0.25, -0.2) is 0 Å². The largest absolute Gasteiger partial charge is 0.497 e. The molecule has 0 radical (unpaired) electrons. The minimum absolute atomic E-state index is 0.258. The van der Waals surface area contributed by atoms with Gasteiger partial charge in [0.1, 0.15) is 17.9 Å². The Bertz CT molecular complexity index is 625. The van der Waals surface area contributed by atoms with Crippen molar-refractivity contribution in [2.24, 2.45) is 0 Å². The summed E-state index contributed by atoms with van der Waals surface area (Å²) in [7, 11) is 0.0411. The fraction of sp³-hybridized carbons (Fsp3) is 0.619. The average molecular weight is 410 g/mol. The molecule has 0 aliphatic carbocycles. The van der Waals surface area contributed by atoms with E-state index in [9.17, 15) is 0 Å². The Morgan fingerprint density at radius 2 is 1.78 bits per heavy atom. The van der Waals surface area contributed by atoms with Crippen LogP contribution in [0.2, 0.25) is 18.1 Å². The highest BCUT2D eigenvalue weighted by atomic mass is 32.2. The third-order valence-corrected chi connectivity index (χ3v) is 11.2. The summed E-state index contributed by atoms with van der Waals surface area (Å²) in [6, 6.07) is 8.29. The predicted octanol–water partition coefficient (Wildman–Crippen LogP) is 5.99. The Balaban J connectivity index is 1.77. The van der Waals surface area contributed by atoms with Crippen molar-refractivity contribution >= 4 is 20.1 Å². The number of rotatable bonds is 9. The molecule has 1 heterocycles. The van der Waals surface area contributed by atoms with Gasteiger partial charge < -0.3 is 18.8 Å². The molecule has 1 aliphatic heterocycles. The zero-order valence-electron chi connectivity index (χ0n) is 17.9. The van der Waals surface area contributed by atoms with Gasteiger partial charge in [0, 0.05) is 12.3 Å². The molecule has 2 rings (SSSR count). The second-order valence-electron chi connectivity index (χ2n) is 8.49. The van der Waals surface area contributed by atoms with Gasteiger partial charge in [0.25, 0.3) is 0 Å². The fourth-order valence-electron chi connectivity index (χ4n) is 2.55. The standard InChI is InChI=1S/C21H35NO3SSi/c1-17-15-26-20(18-9-11-19(23-5)12-10-18)22(17)16-24-13-8-14-25-27(6,7)21(2,3)4/h9-12,15,20H,8,13-14,16H2,1-7H3. The van der Waals surface area contributed by atoms with Gasteiger partial charge >= 0.3 is 0 Å². The topological polar surface area (TPSA) is 30.9 Å². The first-order chi connectivity index (χ1) is 12.7. The smallest absolute Gasteiger partial charge is 0.191 e. The minimum atomic E-state index is -1.65. The summed E-state index contributed by atoms with van der Waals surface area (Å²) in [5.74, 6) is 0.885. The van der Waals surface area contributed by atoms with Crippen molar-refractivity contribution in [1.29, 1.82) is 0 Å². The minimum Gasteiger partial charge on any atom is -0.497 e. The van der Waals surface area contributed by atoms with Crippen LogP contribution in [0, 0.1) is 0 Å². The molecule has 0 saturated heterocycles. The predicted molar refractivity (Wildman–Crippen MR) is 118 cm³/mol. The zero-order chi connectivity index (χ0) is 20.1. The van der Waals surface area contributed by atoms with Gasteiger partial charge in [0.15, 0.2) is 8.32 Å². The molecule has 1 aromatic carbocycles. The molecule has 1 unspecified atom stereocenters. The molecule has 1 atom stereocenters. The van der Waals surface area contributed by atoms with E-state index in [-0.39, 0.29) is 10.4 Å². The van der Waals surface area contributed by atoms with E-state index in [0.29, 0.717) is 6.73 Å². The summed E-state index contributed by atoms with van der Waals surface area (Å²) in [5, 5.41) is 2.73.